The van der Waals surface area contributed by atoms with E-state index in [1.54, 1.807) is 29.8 Å². The quantitative estimate of drug-likeness (QED) is 0.209. The fourth-order valence-corrected chi connectivity index (χ4v) is 6.42. The molecule has 8 heteroatoms. The van der Waals surface area contributed by atoms with Crippen LogP contribution in [0.25, 0.3) is 0 Å². The summed E-state index contributed by atoms with van der Waals surface area (Å²) >= 11 is 9.09. The SMILES string of the molecule is CC(C)(C)[C@@H]1CCc2c(sc(NC(=O)CSc3ccccc3N=Cc3cccnc3Cl)c2C#N)C1. The zero-order valence-electron chi connectivity index (χ0n) is 20.0. The summed E-state index contributed by atoms with van der Waals surface area (Å²) in [5.74, 6) is 0.669. The van der Waals surface area contributed by atoms with E-state index < -0.39 is 0 Å². The van der Waals surface area contributed by atoms with Gasteiger partial charge in [0.1, 0.15) is 16.2 Å². The summed E-state index contributed by atoms with van der Waals surface area (Å²) in [4.78, 5) is 23.6. The first-order valence-electron chi connectivity index (χ1n) is 11.5. The Kier molecular flexibility index (Phi) is 7.95. The lowest BCUT2D eigenvalue weighted by Crippen LogP contribution is -2.26. The molecule has 1 aliphatic carbocycles. The minimum Gasteiger partial charge on any atom is -0.316 e. The van der Waals surface area contributed by atoms with Crippen LogP contribution in [-0.2, 0) is 17.6 Å². The Morgan fingerprint density at radius 1 is 1.34 bits per heavy atom. The highest BCUT2D eigenvalue weighted by molar-refractivity contribution is 8.00. The molecular weight excluding hydrogens is 496 g/mol. The van der Waals surface area contributed by atoms with E-state index in [9.17, 15) is 10.1 Å². The van der Waals surface area contributed by atoms with Crippen molar-refractivity contribution in [1.29, 1.82) is 5.26 Å². The number of carbonyl (C=O) groups excluding carboxylic acids is 1. The summed E-state index contributed by atoms with van der Waals surface area (Å²) < 4.78 is 0. The Morgan fingerprint density at radius 2 is 2.14 bits per heavy atom. The number of aliphatic imine (C=N–C) groups is 1. The number of nitrogens with one attached hydrogen (secondary N) is 1. The molecule has 1 aliphatic rings. The third-order valence-corrected chi connectivity index (χ3v) is 8.76. The lowest BCUT2D eigenvalue weighted by atomic mass is 9.72. The number of benzene rings is 1. The van der Waals surface area contributed by atoms with Crippen molar-refractivity contribution in [3.05, 3.63) is 69.3 Å². The molecule has 0 unspecified atom stereocenters. The highest BCUT2D eigenvalue weighted by Crippen LogP contribution is 2.44. The lowest BCUT2D eigenvalue weighted by Gasteiger charge is -2.33. The number of fused-ring (bicyclic) bond motifs is 1. The molecule has 0 saturated heterocycles. The first-order valence-corrected chi connectivity index (χ1v) is 13.6. The molecule has 0 radical (unpaired) electrons. The number of thioether (sulfide) groups is 1. The first kappa shape index (κ1) is 25.4. The van der Waals surface area contributed by atoms with Crippen LogP contribution in [0.2, 0.25) is 5.15 Å². The van der Waals surface area contributed by atoms with E-state index in [-0.39, 0.29) is 17.1 Å². The number of halogens is 1. The van der Waals surface area contributed by atoms with Gasteiger partial charge in [0.2, 0.25) is 5.91 Å². The third kappa shape index (κ3) is 6.13. The maximum atomic E-state index is 12.8. The van der Waals surface area contributed by atoms with Gasteiger partial charge >= 0.3 is 0 Å². The number of thiophene rings is 1. The van der Waals surface area contributed by atoms with Crippen molar-refractivity contribution in [2.24, 2.45) is 16.3 Å². The number of amides is 1. The number of anilines is 1. The minimum absolute atomic E-state index is 0.133. The number of nitriles is 1. The van der Waals surface area contributed by atoms with Gasteiger partial charge in [-0.25, -0.2) is 4.98 Å². The molecule has 1 N–H and O–H groups in total. The molecule has 0 fully saturated rings. The van der Waals surface area contributed by atoms with Gasteiger partial charge in [0.05, 0.1) is 17.0 Å². The van der Waals surface area contributed by atoms with Crippen LogP contribution < -0.4 is 5.32 Å². The second-order valence-corrected chi connectivity index (χ2v) is 12.1. The molecule has 4 rings (SSSR count). The maximum Gasteiger partial charge on any atom is 0.235 e. The number of pyridine rings is 1. The maximum absolute atomic E-state index is 12.8. The molecule has 0 aliphatic heterocycles. The summed E-state index contributed by atoms with van der Waals surface area (Å²) in [6, 6.07) is 13.6. The van der Waals surface area contributed by atoms with Crippen LogP contribution in [0.4, 0.5) is 10.7 Å². The van der Waals surface area contributed by atoms with Crippen molar-refractivity contribution < 1.29 is 4.79 Å². The molecule has 35 heavy (non-hydrogen) atoms. The predicted molar refractivity (Wildman–Crippen MR) is 146 cm³/mol. The highest BCUT2D eigenvalue weighted by atomic mass is 35.5. The van der Waals surface area contributed by atoms with Gasteiger partial charge in [-0.05, 0) is 60.4 Å². The van der Waals surface area contributed by atoms with Gasteiger partial charge in [-0.3, -0.25) is 9.79 Å². The Labute approximate surface area is 219 Å². The standard InChI is InChI=1S/C27H27ClN4OS2/c1-27(2,3)18-10-11-19-20(14-29)26(35-23(19)13-18)32-24(33)16-34-22-9-5-4-8-21(22)31-15-17-7-6-12-30-25(17)28/h4-9,12,15,18H,10-11,13,16H2,1-3H3,(H,32,33)/t18-/m1/s1. The van der Waals surface area contributed by atoms with Crippen molar-refractivity contribution in [3.8, 4) is 6.07 Å². The molecule has 180 valence electrons. The molecular formula is C27H27ClN4OS2. The van der Waals surface area contributed by atoms with E-state index in [2.05, 4.69) is 42.1 Å². The summed E-state index contributed by atoms with van der Waals surface area (Å²) in [6.45, 7) is 6.82. The van der Waals surface area contributed by atoms with Crippen LogP contribution >= 0.6 is 34.7 Å². The van der Waals surface area contributed by atoms with Gasteiger partial charge in [0.15, 0.2) is 0 Å². The second kappa shape index (κ2) is 10.9. The average Bonchev–Trinajstić information content (AvgIpc) is 3.18. The van der Waals surface area contributed by atoms with E-state index in [4.69, 9.17) is 11.6 Å². The van der Waals surface area contributed by atoms with E-state index in [0.29, 0.717) is 21.6 Å². The normalized spacial score (nSPS) is 15.6. The van der Waals surface area contributed by atoms with Gasteiger partial charge in [-0.1, -0.05) is 44.5 Å². The zero-order valence-corrected chi connectivity index (χ0v) is 22.4. The number of carbonyl (C=O) groups is 1. The van der Waals surface area contributed by atoms with E-state index in [1.165, 1.54) is 16.6 Å². The first-order chi connectivity index (χ1) is 16.8. The highest BCUT2D eigenvalue weighted by Gasteiger charge is 2.32. The Balaban J connectivity index is 1.43. The van der Waals surface area contributed by atoms with Crippen molar-refractivity contribution in [2.45, 2.75) is 44.9 Å². The molecule has 1 aromatic carbocycles. The summed E-state index contributed by atoms with van der Waals surface area (Å²) in [7, 11) is 0. The van der Waals surface area contributed by atoms with Crippen molar-refractivity contribution in [1.82, 2.24) is 4.98 Å². The Hall–Kier alpha value is -2.66. The molecule has 0 saturated carbocycles. The van der Waals surface area contributed by atoms with Gasteiger partial charge in [0.25, 0.3) is 0 Å². The van der Waals surface area contributed by atoms with Crippen molar-refractivity contribution in [2.75, 3.05) is 11.1 Å². The molecule has 1 atom stereocenters. The van der Waals surface area contributed by atoms with Crippen LogP contribution in [-0.4, -0.2) is 22.9 Å². The molecule has 0 spiro atoms. The molecule has 0 bridgehead atoms. The fraction of sp³-hybridized carbons (Fsp3) is 0.333. The summed E-state index contributed by atoms with van der Waals surface area (Å²) in [5.41, 5.74) is 3.46. The van der Waals surface area contributed by atoms with Crippen LogP contribution in [0.5, 0.6) is 0 Å². The summed E-state index contributed by atoms with van der Waals surface area (Å²) in [5, 5.41) is 13.9. The van der Waals surface area contributed by atoms with Crippen LogP contribution in [0, 0.1) is 22.7 Å². The number of aromatic nitrogens is 1. The lowest BCUT2D eigenvalue weighted by molar-refractivity contribution is -0.113. The minimum atomic E-state index is -0.133. The molecule has 5 nitrogen and oxygen atoms in total. The fourth-order valence-electron chi connectivity index (χ4n) is 4.16. The number of hydrogen-bond acceptors (Lipinski definition) is 6. The van der Waals surface area contributed by atoms with Gasteiger partial charge < -0.3 is 5.32 Å². The topological polar surface area (TPSA) is 78.1 Å². The predicted octanol–water partition coefficient (Wildman–Crippen LogP) is 7.30. The summed E-state index contributed by atoms with van der Waals surface area (Å²) in [6.07, 6.45) is 6.25. The van der Waals surface area contributed by atoms with Crippen molar-refractivity contribution >= 4 is 57.5 Å². The zero-order chi connectivity index (χ0) is 25.0. The van der Waals surface area contributed by atoms with Crippen molar-refractivity contribution in [3.63, 3.8) is 0 Å². The third-order valence-electron chi connectivity index (χ3n) is 6.21. The van der Waals surface area contributed by atoms with Crippen LogP contribution in [0.3, 0.4) is 0 Å². The largest absolute Gasteiger partial charge is 0.316 e. The smallest absolute Gasteiger partial charge is 0.235 e. The van der Waals surface area contributed by atoms with E-state index in [1.807, 2.05) is 30.3 Å². The van der Waals surface area contributed by atoms with E-state index in [0.717, 1.165) is 41.0 Å². The molecule has 2 heterocycles. The Morgan fingerprint density at radius 3 is 2.89 bits per heavy atom. The number of nitrogens with zero attached hydrogens (tertiary/aromatic N) is 3. The van der Waals surface area contributed by atoms with Gasteiger partial charge in [0, 0.05) is 27.7 Å². The van der Waals surface area contributed by atoms with E-state index >= 15 is 0 Å². The Bertz CT molecular complexity index is 1300. The number of hydrogen-bond donors (Lipinski definition) is 1. The molecule has 3 aromatic rings. The number of para-hydroxylation sites is 1. The van der Waals surface area contributed by atoms with Gasteiger partial charge in [-0.2, -0.15) is 5.26 Å². The molecule has 2 aromatic heterocycles. The van der Waals surface area contributed by atoms with Crippen LogP contribution in [0.15, 0.2) is 52.5 Å². The van der Waals surface area contributed by atoms with Crippen LogP contribution in [0.1, 0.15) is 48.8 Å². The van der Waals surface area contributed by atoms with Gasteiger partial charge in [-0.15, -0.1) is 23.1 Å². The average molecular weight is 523 g/mol. The second-order valence-electron chi connectivity index (χ2n) is 9.57. The monoisotopic (exact) mass is 522 g/mol. The number of rotatable bonds is 6. The molecule has 1 amide bonds.